The third-order valence-corrected chi connectivity index (χ3v) is 4.11. The number of methoxy groups -OCH3 is 1. The molecule has 4 aromatic heterocycles. The number of nitrogens with zero attached hydrogens (tertiary/aromatic N) is 5. The smallest absolute Gasteiger partial charge is 0.282 e. The van der Waals surface area contributed by atoms with Gasteiger partial charge >= 0.3 is 0 Å². The normalized spacial score (nSPS) is 12.9. The van der Waals surface area contributed by atoms with Crippen LogP contribution in [0.4, 0.5) is 14.7 Å². The highest BCUT2D eigenvalue weighted by Crippen LogP contribution is 2.27. The largest absolute Gasteiger partial charge is 0.383 e. The predicted octanol–water partition coefficient (Wildman–Crippen LogP) is 3.05. The molecule has 0 aliphatic heterocycles. The predicted molar refractivity (Wildman–Crippen MR) is 95.8 cm³/mol. The minimum Gasteiger partial charge on any atom is -0.383 e. The fourth-order valence-corrected chi connectivity index (χ4v) is 2.88. The lowest BCUT2D eigenvalue weighted by molar-refractivity contribution is 0.143. The van der Waals surface area contributed by atoms with Crippen molar-refractivity contribution in [2.75, 3.05) is 19.0 Å². The number of aromatic amines is 1. The average molecular weight is 373 g/mol. The fraction of sp³-hybridized carbons (Fsp3) is 0.294. The topological polar surface area (TPSA) is 93.0 Å². The van der Waals surface area contributed by atoms with E-state index in [4.69, 9.17) is 4.74 Å². The first-order chi connectivity index (χ1) is 13.1. The monoisotopic (exact) mass is 373 g/mol. The molecule has 0 bridgehead atoms. The van der Waals surface area contributed by atoms with E-state index >= 15 is 0 Å². The van der Waals surface area contributed by atoms with Gasteiger partial charge in [-0.1, -0.05) is 0 Å². The second kappa shape index (κ2) is 6.88. The van der Waals surface area contributed by atoms with Crippen LogP contribution in [-0.4, -0.2) is 49.3 Å². The van der Waals surface area contributed by atoms with E-state index in [1.165, 1.54) is 0 Å². The van der Waals surface area contributed by atoms with Gasteiger partial charge in [0.05, 0.1) is 18.5 Å². The number of anilines is 1. The zero-order valence-corrected chi connectivity index (χ0v) is 14.6. The number of nitrogens with one attached hydrogen (secondary N) is 2. The molecule has 0 spiro atoms. The van der Waals surface area contributed by atoms with Crippen molar-refractivity contribution in [1.82, 2.24) is 29.5 Å². The summed E-state index contributed by atoms with van der Waals surface area (Å²) in [4.78, 5) is 15.8. The van der Waals surface area contributed by atoms with E-state index in [1.54, 1.807) is 31.6 Å². The summed E-state index contributed by atoms with van der Waals surface area (Å²) in [6, 6.07) is 3.43. The van der Waals surface area contributed by atoms with Crippen molar-refractivity contribution >= 4 is 22.6 Å². The summed E-state index contributed by atoms with van der Waals surface area (Å²) in [6.07, 6.45) is 1.88. The summed E-state index contributed by atoms with van der Waals surface area (Å²) in [5.74, 6) is 0.471. The van der Waals surface area contributed by atoms with E-state index in [-0.39, 0.29) is 11.7 Å². The molecule has 0 aliphatic carbocycles. The number of aromatic nitrogens is 6. The first-order valence-corrected chi connectivity index (χ1v) is 8.29. The van der Waals surface area contributed by atoms with E-state index in [0.29, 0.717) is 29.5 Å². The molecule has 0 saturated heterocycles. The Hall–Kier alpha value is -3.14. The first-order valence-electron chi connectivity index (χ1n) is 8.29. The number of fused-ring (bicyclic) bond motifs is 2. The lowest BCUT2D eigenvalue weighted by atomic mass is 10.2. The highest BCUT2D eigenvalue weighted by atomic mass is 19.3. The van der Waals surface area contributed by atoms with Gasteiger partial charge in [0, 0.05) is 36.5 Å². The highest BCUT2D eigenvalue weighted by molar-refractivity contribution is 5.92. The van der Waals surface area contributed by atoms with Crippen LogP contribution < -0.4 is 5.32 Å². The number of hydrogen-bond donors (Lipinski definition) is 2. The van der Waals surface area contributed by atoms with Gasteiger partial charge in [0.25, 0.3) is 6.43 Å². The first kappa shape index (κ1) is 17.3. The molecule has 4 aromatic rings. The minimum absolute atomic E-state index is 0.0555. The molecule has 0 aromatic carbocycles. The van der Waals surface area contributed by atoms with Crippen LogP contribution in [-0.2, 0) is 4.74 Å². The third kappa shape index (κ3) is 3.19. The molecule has 1 atom stereocenters. The van der Waals surface area contributed by atoms with Crippen LogP contribution in [0, 0.1) is 0 Å². The summed E-state index contributed by atoms with van der Waals surface area (Å²) in [5.41, 5.74) is 1.97. The standard InChI is InChI=1S/C17H17F2N7O/c1-9(8-27-2)23-17-22-6-11-10(5-21-16(11)24-17)12-3-4-14-20-7-13(15(18)19)26(14)25-12/h3-7,9,15H,8H2,1-2H3,(H2,21,22,23,24). The molecule has 0 saturated carbocycles. The summed E-state index contributed by atoms with van der Waals surface area (Å²) in [7, 11) is 1.63. The summed E-state index contributed by atoms with van der Waals surface area (Å²) in [6.45, 7) is 2.49. The van der Waals surface area contributed by atoms with Crippen molar-refractivity contribution in [2.24, 2.45) is 0 Å². The van der Waals surface area contributed by atoms with E-state index in [2.05, 4.69) is 30.4 Å². The number of alkyl halides is 2. The Labute approximate surface area is 152 Å². The molecule has 1 unspecified atom stereocenters. The van der Waals surface area contributed by atoms with Gasteiger partial charge in [0.1, 0.15) is 11.3 Å². The number of H-pyrrole nitrogens is 1. The molecule has 27 heavy (non-hydrogen) atoms. The molecular formula is C17H17F2N7O. The number of hydrogen-bond acceptors (Lipinski definition) is 6. The molecule has 4 rings (SSSR count). The Morgan fingerprint density at radius 1 is 1.26 bits per heavy atom. The second-order valence-electron chi connectivity index (χ2n) is 6.13. The van der Waals surface area contributed by atoms with E-state index < -0.39 is 6.43 Å². The number of rotatable bonds is 6. The van der Waals surface area contributed by atoms with Crippen molar-refractivity contribution in [3.8, 4) is 11.3 Å². The zero-order chi connectivity index (χ0) is 19.0. The summed E-state index contributed by atoms with van der Waals surface area (Å²) < 4.78 is 32.5. The van der Waals surface area contributed by atoms with Crippen molar-refractivity contribution in [3.05, 3.63) is 36.4 Å². The van der Waals surface area contributed by atoms with Crippen LogP contribution in [0.15, 0.2) is 30.7 Å². The average Bonchev–Trinajstić information content (AvgIpc) is 3.24. The van der Waals surface area contributed by atoms with Gasteiger partial charge in [-0.25, -0.2) is 23.3 Å². The van der Waals surface area contributed by atoms with E-state index in [9.17, 15) is 8.78 Å². The van der Waals surface area contributed by atoms with E-state index in [1.807, 2.05) is 6.92 Å². The molecular weight excluding hydrogens is 356 g/mol. The molecule has 0 radical (unpaired) electrons. The van der Waals surface area contributed by atoms with Crippen LogP contribution in [0.5, 0.6) is 0 Å². The Balaban J connectivity index is 1.72. The van der Waals surface area contributed by atoms with Gasteiger partial charge in [-0.2, -0.15) is 10.1 Å². The third-order valence-electron chi connectivity index (χ3n) is 4.11. The maximum absolute atomic E-state index is 13.1. The summed E-state index contributed by atoms with van der Waals surface area (Å²) in [5, 5.41) is 8.20. The molecule has 0 fully saturated rings. The number of imidazole rings is 1. The minimum atomic E-state index is -2.66. The Morgan fingerprint density at radius 3 is 2.89 bits per heavy atom. The lowest BCUT2D eigenvalue weighted by Crippen LogP contribution is -2.22. The van der Waals surface area contributed by atoms with Gasteiger partial charge in [-0.15, -0.1) is 0 Å². The molecule has 4 heterocycles. The van der Waals surface area contributed by atoms with Crippen molar-refractivity contribution in [3.63, 3.8) is 0 Å². The zero-order valence-electron chi connectivity index (χ0n) is 14.6. The van der Waals surface area contributed by atoms with E-state index in [0.717, 1.165) is 21.7 Å². The maximum Gasteiger partial charge on any atom is 0.282 e. The van der Waals surface area contributed by atoms with Crippen molar-refractivity contribution in [2.45, 2.75) is 19.4 Å². The number of halogens is 2. The molecule has 2 N–H and O–H groups in total. The lowest BCUT2D eigenvalue weighted by Gasteiger charge is -2.12. The van der Waals surface area contributed by atoms with Crippen LogP contribution >= 0.6 is 0 Å². The van der Waals surface area contributed by atoms with Gasteiger partial charge in [-0.3, -0.25) is 0 Å². The second-order valence-corrected chi connectivity index (χ2v) is 6.13. The number of ether oxygens (including phenoxy) is 1. The van der Waals surface area contributed by atoms with Crippen LogP contribution in [0.25, 0.3) is 27.9 Å². The van der Waals surface area contributed by atoms with Crippen molar-refractivity contribution in [1.29, 1.82) is 0 Å². The van der Waals surface area contributed by atoms with Gasteiger partial charge in [0.2, 0.25) is 5.95 Å². The van der Waals surface area contributed by atoms with Crippen LogP contribution in [0.1, 0.15) is 19.0 Å². The quantitative estimate of drug-likeness (QED) is 0.540. The van der Waals surface area contributed by atoms with Crippen molar-refractivity contribution < 1.29 is 13.5 Å². The molecule has 0 aliphatic rings. The Morgan fingerprint density at radius 2 is 2.11 bits per heavy atom. The highest BCUT2D eigenvalue weighted by Gasteiger charge is 2.17. The van der Waals surface area contributed by atoms with Gasteiger partial charge in [-0.05, 0) is 19.1 Å². The fourth-order valence-electron chi connectivity index (χ4n) is 2.88. The maximum atomic E-state index is 13.1. The van der Waals surface area contributed by atoms with Crippen LogP contribution in [0.3, 0.4) is 0 Å². The van der Waals surface area contributed by atoms with Crippen LogP contribution in [0.2, 0.25) is 0 Å². The summed E-state index contributed by atoms with van der Waals surface area (Å²) >= 11 is 0. The molecule has 10 heteroatoms. The Kier molecular flexibility index (Phi) is 4.40. The SMILES string of the molecule is COCC(C)Nc1ncc2c(-c3ccc4ncc(C(F)F)n4n3)c[nH]c2n1. The Bertz CT molecular complexity index is 1090. The molecule has 8 nitrogen and oxygen atoms in total. The molecule has 0 amide bonds. The van der Waals surface area contributed by atoms with Gasteiger partial charge in [0.15, 0.2) is 5.65 Å². The molecule has 140 valence electrons. The van der Waals surface area contributed by atoms with Gasteiger partial charge < -0.3 is 15.0 Å².